The van der Waals surface area contributed by atoms with Crippen LogP contribution >= 0.6 is 0 Å². The molecule has 0 rings (SSSR count). The summed E-state index contributed by atoms with van der Waals surface area (Å²) in [5, 5.41) is 0. The quantitative estimate of drug-likeness (QED) is 0.531. The van der Waals surface area contributed by atoms with Crippen LogP contribution in [0.1, 0.15) is 54.4 Å². The average molecular weight is 156 g/mol. The van der Waals surface area contributed by atoms with Crippen LogP contribution in [0.5, 0.6) is 0 Å². The molecule has 0 amide bonds. The molecule has 11 heavy (non-hydrogen) atoms. The Morgan fingerprint density at radius 3 is 2.00 bits per heavy atom. The molecule has 0 radical (unpaired) electrons. The number of unbranched alkanes of at least 4 members (excludes halogenated alkanes) is 1. The fourth-order valence-electron chi connectivity index (χ4n) is 0.608. The van der Waals surface area contributed by atoms with E-state index in [9.17, 15) is 0 Å². The van der Waals surface area contributed by atoms with E-state index >= 15 is 0 Å². The molecule has 0 nitrogen and oxygen atoms in total. The Kier molecular flexibility index (Phi) is 11.8. The van der Waals surface area contributed by atoms with Gasteiger partial charge in [-0.2, -0.15) is 0 Å². The van der Waals surface area contributed by atoms with Gasteiger partial charge in [-0.1, -0.05) is 52.7 Å². The highest BCUT2D eigenvalue weighted by atomic mass is 14.0. The van der Waals surface area contributed by atoms with Crippen LogP contribution in [0.2, 0.25) is 0 Å². The van der Waals surface area contributed by atoms with Gasteiger partial charge >= 0.3 is 0 Å². The fourth-order valence-corrected chi connectivity index (χ4v) is 0.608. The third-order valence-corrected chi connectivity index (χ3v) is 1.67. The minimum absolute atomic E-state index is 0.733. The molecule has 0 unspecified atom stereocenters. The van der Waals surface area contributed by atoms with Crippen molar-refractivity contribution < 1.29 is 0 Å². The molecule has 0 spiro atoms. The Labute approximate surface area is 72.7 Å². The second kappa shape index (κ2) is 9.74. The molecule has 0 N–H and O–H groups in total. The SMILES string of the molecule is CC.CCC/C=C(\C)C(C)C. The zero-order valence-corrected chi connectivity index (χ0v) is 9.07. The Morgan fingerprint density at radius 2 is 1.73 bits per heavy atom. The van der Waals surface area contributed by atoms with Gasteiger partial charge in [0.15, 0.2) is 0 Å². The molecule has 0 heterocycles. The smallest absolute Gasteiger partial charge is 0.0263 e. The van der Waals surface area contributed by atoms with Crippen LogP contribution < -0.4 is 0 Å². The molecule has 0 saturated heterocycles. The van der Waals surface area contributed by atoms with Gasteiger partial charge in [-0.15, -0.1) is 0 Å². The summed E-state index contributed by atoms with van der Waals surface area (Å²) >= 11 is 0. The van der Waals surface area contributed by atoms with Crippen molar-refractivity contribution in [3.63, 3.8) is 0 Å². The Morgan fingerprint density at radius 1 is 1.27 bits per heavy atom. The highest BCUT2D eigenvalue weighted by Gasteiger charge is 1.92. The van der Waals surface area contributed by atoms with Crippen molar-refractivity contribution in [1.29, 1.82) is 0 Å². The molecule has 0 saturated carbocycles. The Balaban J connectivity index is 0. The summed E-state index contributed by atoms with van der Waals surface area (Å²) in [5.41, 5.74) is 1.52. The number of allylic oxidation sites excluding steroid dienone is 2. The van der Waals surface area contributed by atoms with Gasteiger partial charge in [-0.3, -0.25) is 0 Å². The second-order valence-electron chi connectivity index (χ2n) is 2.89. The van der Waals surface area contributed by atoms with Crippen LogP contribution in [-0.4, -0.2) is 0 Å². The molecule has 0 heteroatoms. The lowest BCUT2D eigenvalue weighted by Gasteiger charge is -2.02. The summed E-state index contributed by atoms with van der Waals surface area (Å²) in [5.74, 6) is 0.733. The van der Waals surface area contributed by atoms with E-state index in [4.69, 9.17) is 0 Å². The molecule has 0 aromatic carbocycles. The summed E-state index contributed by atoms with van der Waals surface area (Å²) < 4.78 is 0. The predicted octanol–water partition coefficient (Wildman–Crippen LogP) is 4.42. The van der Waals surface area contributed by atoms with Gasteiger partial charge in [0, 0.05) is 0 Å². The third kappa shape index (κ3) is 9.74. The van der Waals surface area contributed by atoms with E-state index in [2.05, 4.69) is 33.8 Å². The summed E-state index contributed by atoms with van der Waals surface area (Å²) in [6.07, 6.45) is 4.85. The molecular weight excluding hydrogens is 132 g/mol. The van der Waals surface area contributed by atoms with Crippen molar-refractivity contribution in [3.05, 3.63) is 11.6 Å². The van der Waals surface area contributed by atoms with Gasteiger partial charge in [0.05, 0.1) is 0 Å². The van der Waals surface area contributed by atoms with Gasteiger partial charge in [0.2, 0.25) is 0 Å². The number of hydrogen-bond donors (Lipinski definition) is 0. The lowest BCUT2D eigenvalue weighted by molar-refractivity contribution is 0.757. The molecule has 0 fully saturated rings. The van der Waals surface area contributed by atoms with E-state index in [0.717, 1.165) is 5.92 Å². The molecule has 0 aromatic heterocycles. The Hall–Kier alpha value is -0.260. The molecule has 0 bridgehead atoms. The maximum absolute atomic E-state index is 2.34. The van der Waals surface area contributed by atoms with Crippen molar-refractivity contribution >= 4 is 0 Å². The van der Waals surface area contributed by atoms with E-state index in [1.54, 1.807) is 0 Å². The van der Waals surface area contributed by atoms with Gasteiger partial charge in [-0.25, -0.2) is 0 Å². The monoisotopic (exact) mass is 156 g/mol. The van der Waals surface area contributed by atoms with Gasteiger partial charge in [0.1, 0.15) is 0 Å². The summed E-state index contributed by atoms with van der Waals surface area (Å²) in [4.78, 5) is 0. The standard InChI is InChI=1S/C9H18.C2H6/c1-5-6-7-9(4)8(2)3;1-2/h7-8H,5-6H2,1-4H3;1-2H3/b9-7+;. The maximum Gasteiger partial charge on any atom is -0.0263 e. The molecule has 0 atom stereocenters. The van der Waals surface area contributed by atoms with Gasteiger partial charge in [-0.05, 0) is 19.3 Å². The van der Waals surface area contributed by atoms with Crippen LogP contribution in [0.3, 0.4) is 0 Å². The van der Waals surface area contributed by atoms with E-state index in [1.165, 1.54) is 18.4 Å². The van der Waals surface area contributed by atoms with Crippen LogP contribution in [0.25, 0.3) is 0 Å². The van der Waals surface area contributed by atoms with E-state index in [-0.39, 0.29) is 0 Å². The lowest BCUT2D eigenvalue weighted by Crippen LogP contribution is -1.87. The van der Waals surface area contributed by atoms with E-state index < -0.39 is 0 Å². The third-order valence-electron chi connectivity index (χ3n) is 1.67. The topological polar surface area (TPSA) is 0 Å². The number of hydrogen-bond acceptors (Lipinski definition) is 0. The predicted molar refractivity (Wildman–Crippen MR) is 54.9 cm³/mol. The van der Waals surface area contributed by atoms with Crippen molar-refractivity contribution in [2.24, 2.45) is 5.92 Å². The highest BCUT2D eigenvalue weighted by Crippen LogP contribution is 2.08. The lowest BCUT2D eigenvalue weighted by atomic mass is 10.0. The van der Waals surface area contributed by atoms with Crippen molar-refractivity contribution in [2.45, 2.75) is 54.4 Å². The highest BCUT2D eigenvalue weighted by molar-refractivity contribution is 5.00. The first kappa shape index (κ1) is 13.3. The second-order valence-corrected chi connectivity index (χ2v) is 2.89. The summed E-state index contributed by atoms with van der Waals surface area (Å²) in [6.45, 7) is 12.9. The maximum atomic E-state index is 2.34. The molecular formula is C11H24. The van der Waals surface area contributed by atoms with E-state index in [1.807, 2.05) is 13.8 Å². The normalized spacial score (nSPS) is 11.0. The van der Waals surface area contributed by atoms with Crippen LogP contribution in [0.4, 0.5) is 0 Å². The first-order valence-electron chi connectivity index (χ1n) is 4.85. The first-order chi connectivity index (χ1) is 5.18. The minimum atomic E-state index is 0.733. The van der Waals surface area contributed by atoms with Crippen molar-refractivity contribution in [3.8, 4) is 0 Å². The molecule has 0 aliphatic rings. The van der Waals surface area contributed by atoms with E-state index in [0.29, 0.717) is 0 Å². The first-order valence-corrected chi connectivity index (χ1v) is 4.85. The van der Waals surface area contributed by atoms with Crippen LogP contribution in [0, 0.1) is 5.92 Å². The average Bonchev–Trinajstić information content (AvgIpc) is 2.03. The zero-order chi connectivity index (χ0) is 9.28. The largest absolute Gasteiger partial charge is 0.0854 e. The summed E-state index contributed by atoms with van der Waals surface area (Å²) in [7, 11) is 0. The zero-order valence-electron chi connectivity index (χ0n) is 9.07. The van der Waals surface area contributed by atoms with Gasteiger partial charge < -0.3 is 0 Å². The van der Waals surface area contributed by atoms with Crippen LogP contribution in [0.15, 0.2) is 11.6 Å². The minimum Gasteiger partial charge on any atom is -0.0854 e. The fraction of sp³-hybridized carbons (Fsp3) is 0.818. The van der Waals surface area contributed by atoms with Crippen LogP contribution in [-0.2, 0) is 0 Å². The number of rotatable bonds is 3. The molecule has 0 aliphatic heterocycles. The Bertz CT molecular complexity index is 88.2. The molecule has 68 valence electrons. The molecule has 0 aromatic rings. The van der Waals surface area contributed by atoms with Crippen molar-refractivity contribution in [2.75, 3.05) is 0 Å². The molecule has 0 aliphatic carbocycles. The van der Waals surface area contributed by atoms with Crippen molar-refractivity contribution in [1.82, 2.24) is 0 Å². The summed E-state index contributed by atoms with van der Waals surface area (Å²) in [6, 6.07) is 0. The van der Waals surface area contributed by atoms with Gasteiger partial charge in [0.25, 0.3) is 0 Å².